The van der Waals surface area contributed by atoms with E-state index in [2.05, 4.69) is 39.8 Å². The van der Waals surface area contributed by atoms with Crippen molar-refractivity contribution in [2.75, 3.05) is 17.6 Å². The van der Waals surface area contributed by atoms with Crippen LogP contribution in [-0.2, 0) is 14.3 Å². The SMILES string of the molecule is CC1CCC(C(NC(=O)c2cccc(-c3cccnc3)c2)C(=O)N2C[C@H](CI)[C@H]3OCC(=O)[C@H]32)CC1. The number of hydrogen-bond acceptors (Lipinski definition) is 5. The van der Waals surface area contributed by atoms with Crippen LogP contribution in [0, 0.1) is 17.8 Å². The number of nitrogens with one attached hydrogen (secondary N) is 1. The number of amides is 2. The van der Waals surface area contributed by atoms with Gasteiger partial charge in [-0.25, -0.2) is 0 Å². The van der Waals surface area contributed by atoms with Gasteiger partial charge in [-0.15, -0.1) is 0 Å². The van der Waals surface area contributed by atoms with Gasteiger partial charge in [0.05, 0.1) is 6.10 Å². The minimum Gasteiger partial charge on any atom is -0.367 e. The molecule has 3 aliphatic rings. The molecule has 5 rings (SSSR count). The van der Waals surface area contributed by atoms with E-state index in [4.69, 9.17) is 4.74 Å². The third kappa shape index (κ3) is 5.07. The largest absolute Gasteiger partial charge is 0.367 e. The molecule has 8 heteroatoms. The van der Waals surface area contributed by atoms with Gasteiger partial charge in [-0.2, -0.15) is 0 Å². The lowest BCUT2D eigenvalue weighted by Crippen LogP contribution is -2.55. The molecule has 3 fully saturated rings. The Hall–Kier alpha value is -2.33. The number of aromatic nitrogens is 1. The van der Waals surface area contributed by atoms with Gasteiger partial charge in [0.2, 0.25) is 5.91 Å². The van der Waals surface area contributed by atoms with E-state index < -0.39 is 12.1 Å². The maximum atomic E-state index is 14.0. The number of carbonyl (C=O) groups is 3. The molecule has 1 unspecified atom stereocenters. The fraction of sp³-hybridized carbons (Fsp3) is 0.500. The number of benzene rings is 1. The lowest BCUT2D eigenvalue weighted by atomic mass is 9.78. The van der Waals surface area contributed by atoms with Crippen molar-refractivity contribution in [1.29, 1.82) is 0 Å². The minimum atomic E-state index is -0.658. The van der Waals surface area contributed by atoms with Crippen molar-refractivity contribution >= 4 is 40.2 Å². The third-order valence-electron chi connectivity index (χ3n) is 7.98. The summed E-state index contributed by atoms with van der Waals surface area (Å²) in [5.41, 5.74) is 2.32. The molecule has 1 aliphatic carbocycles. The molecular formula is C28H32IN3O4. The van der Waals surface area contributed by atoms with Crippen molar-refractivity contribution in [2.24, 2.45) is 17.8 Å². The summed E-state index contributed by atoms with van der Waals surface area (Å²) >= 11 is 2.30. The van der Waals surface area contributed by atoms with E-state index in [-0.39, 0.29) is 42.1 Å². The highest BCUT2D eigenvalue weighted by atomic mass is 127. The second kappa shape index (κ2) is 11.0. The Morgan fingerprint density at radius 3 is 2.67 bits per heavy atom. The molecule has 2 aliphatic heterocycles. The summed E-state index contributed by atoms with van der Waals surface area (Å²) in [5, 5.41) is 3.10. The Labute approximate surface area is 225 Å². The Morgan fingerprint density at radius 2 is 1.94 bits per heavy atom. The molecule has 3 heterocycles. The number of hydrogen-bond donors (Lipinski definition) is 1. The third-order valence-corrected chi connectivity index (χ3v) is 9.11. The van der Waals surface area contributed by atoms with E-state index in [9.17, 15) is 14.4 Å². The fourth-order valence-electron chi connectivity index (χ4n) is 5.89. The standard InChI is InChI=1S/C28H32IN3O4/c1-17-7-9-18(10-8-17)24(28(35)32-15-22(13-29)26-25(32)23(33)16-36-26)31-27(34)20-5-2-4-19(12-20)21-6-3-11-30-14-21/h2-6,11-12,14,17-18,22,24-26H,7-10,13,15-16H2,1H3,(H,31,34)/t17?,18?,22-,24?,25+,26+/m0/s1. The van der Waals surface area contributed by atoms with E-state index in [1.807, 2.05) is 30.3 Å². The van der Waals surface area contributed by atoms with E-state index >= 15 is 0 Å². The number of halogens is 1. The summed E-state index contributed by atoms with van der Waals surface area (Å²) in [6, 6.07) is 10.0. The van der Waals surface area contributed by atoms with Gasteiger partial charge in [0, 0.05) is 40.4 Å². The Balaban J connectivity index is 1.40. The first-order valence-corrected chi connectivity index (χ1v) is 14.3. The van der Waals surface area contributed by atoms with Gasteiger partial charge in [-0.3, -0.25) is 19.4 Å². The molecule has 4 atom stereocenters. The predicted molar refractivity (Wildman–Crippen MR) is 145 cm³/mol. The molecule has 7 nitrogen and oxygen atoms in total. The van der Waals surface area contributed by atoms with Crippen LogP contribution in [0.2, 0.25) is 0 Å². The van der Waals surface area contributed by atoms with Crippen LogP contribution in [0.3, 0.4) is 0 Å². The van der Waals surface area contributed by atoms with Gasteiger partial charge >= 0.3 is 0 Å². The van der Waals surface area contributed by atoms with Gasteiger partial charge in [-0.1, -0.05) is 60.6 Å². The number of likely N-dealkylation sites (tertiary alicyclic amines) is 1. The smallest absolute Gasteiger partial charge is 0.251 e. The highest BCUT2D eigenvalue weighted by molar-refractivity contribution is 14.1. The van der Waals surface area contributed by atoms with E-state index in [0.717, 1.165) is 41.2 Å². The molecule has 36 heavy (non-hydrogen) atoms. The summed E-state index contributed by atoms with van der Waals surface area (Å²) in [5.74, 6) is 0.347. The van der Waals surface area contributed by atoms with Crippen molar-refractivity contribution in [2.45, 2.75) is 50.8 Å². The molecule has 190 valence electrons. The molecule has 2 saturated heterocycles. The second-order valence-electron chi connectivity index (χ2n) is 10.4. The van der Waals surface area contributed by atoms with Crippen LogP contribution in [0.15, 0.2) is 48.8 Å². The van der Waals surface area contributed by atoms with Crippen LogP contribution in [0.4, 0.5) is 0 Å². The monoisotopic (exact) mass is 601 g/mol. The van der Waals surface area contributed by atoms with E-state index in [1.54, 1.807) is 23.4 Å². The van der Waals surface area contributed by atoms with Crippen LogP contribution in [0.1, 0.15) is 43.0 Å². The maximum absolute atomic E-state index is 14.0. The Bertz CT molecular complexity index is 1120. The lowest BCUT2D eigenvalue weighted by molar-refractivity contribution is -0.139. The zero-order valence-corrected chi connectivity index (χ0v) is 22.6. The normalized spacial score (nSPS) is 28.6. The zero-order valence-electron chi connectivity index (χ0n) is 20.4. The first-order valence-electron chi connectivity index (χ1n) is 12.8. The van der Waals surface area contributed by atoms with Gasteiger partial charge in [0.25, 0.3) is 5.91 Å². The first-order chi connectivity index (χ1) is 17.5. The van der Waals surface area contributed by atoms with Gasteiger partial charge in [-0.05, 0) is 48.4 Å². The molecule has 1 saturated carbocycles. The van der Waals surface area contributed by atoms with Gasteiger partial charge in [0.15, 0.2) is 5.78 Å². The molecule has 0 bridgehead atoms. The molecule has 1 aromatic carbocycles. The average Bonchev–Trinajstić information content (AvgIpc) is 3.48. The Morgan fingerprint density at radius 1 is 1.17 bits per heavy atom. The highest BCUT2D eigenvalue weighted by Crippen LogP contribution is 2.36. The van der Waals surface area contributed by atoms with Crippen molar-refractivity contribution < 1.29 is 19.1 Å². The number of carbonyl (C=O) groups excluding carboxylic acids is 3. The zero-order chi connectivity index (χ0) is 25.2. The summed E-state index contributed by atoms with van der Waals surface area (Å²) in [6.45, 7) is 2.79. The van der Waals surface area contributed by atoms with Gasteiger partial charge in [0.1, 0.15) is 18.7 Å². The van der Waals surface area contributed by atoms with Crippen LogP contribution >= 0.6 is 22.6 Å². The molecule has 0 spiro atoms. The summed E-state index contributed by atoms with van der Waals surface area (Å²) < 4.78 is 6.59. The van der Waals surface area contributed by atoms with Crippen molar-refractivity contribution in [3.8, 4) is 11.1 Å². The van der Waals surface area contributed by atoms with Crippen molar-refractivity contribution in [3.63, 3.8) is 0 Å². The summed E-state index contributed by atoms with van der Waals surface area (Å²) in [6.07, 6.45) is 7.08. The molecule has 2 amide bonds. The quantitative estimate of drug-likeness (QED) is 0.401. The highest BCUT2D eigenvalue weighted by Gasteiger charge is 2.53. The molecule has 1 aromatic heterocycles. The molecule has 1 N–H and O–H groups in total. The molecule has 0 radical (unpaired) electrons. The maximum Gasteiger partial charge on any atom is 0.251 e. The number of Topliss-reactive ketones (excluding diaryl/α,β-unsaturated/α-hetero) is 1. The predicted octanol–water partition coefficient (Wildman–Crippen LogP) is 3.90. The molecular weight excluding hydrogens is 569 g/mol. The lowest BCUT2D eigenvalue weighted by Gasteiger charge is -2.35. The van der Waals surface area contributed by atoms with Crippen LogP contribution in [-0.4, -0.2) is 63.2 Å². The van der Waals surface area contributed by atoms with Crippen molar-refractivity contribution in [3.05, 3.63) is 54.4 Å². The number of ether oxygens (including phenoxy) is 1. The summed E-state index contributed by atoms with van der Waals surface area (Å²) in [7, 11) is 0. The first kappa shape index (κ1) is 25.3. The van der Waals surface area contributed by atoms with Crippen molar-refractivity contribution in [1.82, 2.24) is 15.2 Å². The van der Waals surface area contributed by atoms with Gasteiger partial charge < -0.3 is 15.0 Å². The average molecular weight is 601 g/mol. The Kier molecular flexibility index (Phi) is 7.71. The number of fused-ring (bicyclic) bond motifs is 1. The number of nitrogens with zero attached hydrogens (tertiary/aromatic N) is 2. The number of rotatable bonds is 6. The van der Waals surface area contributed by atoms with Crippen LogP contribution in [0.25, 0.3) is 11.1 Å². The van der Waals surface area contributed by atoms with E-state index in [0.29, 0.717) is 18.0 Å². The number of pyridine rings is 1. The minimum absolute atomic E-state index is 0.0350. The fourth-order valence-corrected chi connectivity index (χ4v) is 6.67. The summed E-state index contributed by atoms with van der Waals surface area (Å²) in [4.78, 5) is 46.1. The molecule has 2 aromatic rings. The van der Waals surface area contributed by atoms with E-state index in [1.165, 1.54) is 0 Å². The number of ketones is 1. The second-order valence-corrected chi connectivity index (χ2v) is 11.3. The van der Waals surface area contributed by atoms with Crippen LogP contribution in [0.5, 0.6) is 0 Å². The topological polar surface area (TPSA) is 88.6 Å². The van der Waals surface area contributed by atoms with Crippen LogP contribution < -0.4 is 5.32 Å². The number of alkyl halides is 1.